The van der Waals surface area contributed by atoms with Crippen molar-refractivity contribution in [3.8, 4) is 22.9 Å². The first kappa shape index (κ1) is 31.6. The first-order valence-corrected chi connectivity index (χ1v) is 20.5. The molecule has 1 saturated heterocycles. The van der Waals surface area contributed by atoms with E-state index in [1.807, 2.05) is 45.7 Å². The van der Waals surface area contributed by atoms with E-state index in [0.717, 1.165) is 51.8 Å². The zero-order chi connectivity index (χ0) is 32.1. The molecule has 2 heterocycles. The molecule has 1 aliphatic heterocycles. The van der Waals surface area contributed by atoms with Crippen molar-refractivity contribution in [2.45, 2.75) is 64.2 Å². The van der Waals surface area contributed by atoms with Gasteiger partial charge in [-0.1, -0.05) is 61.6 Å². The van der Waals surface area contributed by atoms with Gasteiger partial charge >= 0.3 is 16.2 Å². The number of hydrogen-bond donors (Lipinski definition) is 2. The topological polar surface area (TPSA) is 123 Å². The number of nitrogens with zero attached hydrogens (tertiary/aromatic N) is 3. The molecule has 45 heavy (non-hydrogen) atoms. The number of ether oxygens (including phenoxy) is 2. The van der Waals surface area contributed by atoms with Crippen molar-refractivity contribution in [3.63, 3.8) is 0 Å². The number of amides is 1. The molecule has 1 amide bonds. The maximum atomic E-state index is 12.5. The van der Waals surface area contributed by atoms with E-state index in [9.17, 15) is 18.3 Å². The van der Waals surface area contributed by atoms with Crippen LogP contribution in [0.4, 0.5) is 5.69 Å². The van der Waals surface area contributed by atoms with Gasteiger partial charge in [0, 0.05) is 26.3 Å². The highest BCUT2D eigenvalue weighted by molar-refractivity contribution is 7.92. The van der Waals surface area contributed by atoms with Crippen LogP contribution in [-0.2, 0) is 32.1 Å². The largest absolute Gasteiger partial charge is 0.425 e. The second-order valence-electron chi connectivity index (χ2n) is 13.0. The van der Waals surface area contributed by atoms with Gasteiger partial charge in [-0.3, -0.25) is 9.36 Å². The molecule has 1 aliphatic carbocycles. The first-order chi connectivity index (χ1) is 21.2. The average molecular weight is 669 g/mol. The minimum absolute atomic E-state index is 0.177. The van der Waals surface area contributed by atoms with E-state index < -0.39 is 29.8 Å². The summed E-state index contributed by atoms with van der Waals surface area (Å²) in [5.41, 5.74) is 4.22. The predicted octanol–water partition coefficient (Wildman–Crippen LogP) is 6.32. The standard InChI is InChI=1S/C32H37ClN4O6SSi/c1-21-6-11-24(16-28(21)37-19-30(38)35-44(37,40)41)43-31-34-27-17-25(22-7-9-23(10-8-22)32(39)12-5-13-32)26(33)18-29(27)36(31)20-42-14-15-45(2,3)4/h6-11,16-18,39H,5,12-15,19-20H2,1-4H3,(H,35,38). The van der Waals surface area contributed by atoms with Crippen molar-refractivity contribution in [3.05, 3.63) is 70.7 Å². The van der Waals surface area contributed by atoms with Crippen LogP contribution in [0.3, 0.4) is 0 Å². The zero-order valence-electron chi connectivity index (χ0n) is 25.8. The highest BCUT2D eigenvalue weighted by atomic mass is 35.5. The summed E-state index contributed by atoms with van der Waals surface area (Å²) in [7, 11) is -5.31. The van der Waals surface area contributed by atoms with Crippen LogP contribution in [0.1, 0.15) is 30.4 Å². The second-order valence-corrected chi connectivity index (χ2v) is 20.7. The number of rotatable bonds is 10. The van der Waals surface area contributed by atoms with Crippen molar-refractivity contribution in [1.29, 1.82) is 0 Å². The van der Waals surface area contributed by atoms with E-state index in [4.69, 9.17) is 26.1 Å². The lowest BCUT2D eigenvalue weighted by molar-refractivity contribution is -0.117. The molecule has 3 aromatic carbocycles. The van der Waals surface area contributed by atoms with Gasteiger partial charge in [0.05, 0.1) is 27.3 Å². The van der Waals surface area contributed by atoms with Crippen molar-refractivity contribution in [1.82, 2.24) is 14.3 Å². The number of nitrogens with one attached hydrogen (secondary N) is 1. The van der Waals surface area contributed by atoms with Gasteiger partial charge in [0.15, 0.2) is 0 Å². The smallest absolute Gasteiger partial charge is 0.326 e. The number of fused-ring (bicyclic) bond motifs is 1. The Hall–Kier alpha value is -3.42. The number of benzene rings is 3. The molecule has 4 aromatic rings. The van der Waals surface area contributed by atoms with E-state index in [1.165, 1.54) is 0 Å². The number of carbonyl (C=O) groups is 1. The van der Waals surface area contributed by atoms with Crippen LogP contribution in [0, 0.1) is 6.92 Å². The molecular formula is C32H37ClN4O6SSi. The number of hydrogen-bond acceptors (Lipinski definition) is 7. The van der Waals surface area contributed by atoms with Crippen LogP contribution in [0.15, 0.2) is 54.6 Å². The molecule has 10 nitrogen and oxygen atoms in total. The van der Waals surface area contributed by atoms with E-state index in [0.29, 0.717) is 34.1 Å². The maximum Gasteiger partial charge on any atom is 0.326 e. The summed E-state index contributed by atoms with van der Waals surface area (Å²) in [6.07, 6.45) is 2.56. The third-order valence-corrected chi connectivity index (χ3v) is 11.8. The Balaban J connectivity index is 1.35. The minimum atomic E-state index is -3.99. The summed E-state index contributed by atoms with van der Waals surface area (Å²) < 4.78 is 42.3. The lowest BCUT2D eigenvalue weighted by Gasteiger charge is -2.37. The number of aromatic nitrogens is 2. The fourth-order valence-corrected chi connectivity index (χ4v) is 7.76. The molecule has 1 aromatic heterocycles. The molecular weight excluding hydrogens is 632 g/mol. The van der Waals surface area contributed by atoms with Gasteiger partial charge in [-0.15, -0.1) is 0 Å². The Labute approximate surface area is 269 Å². The monoisotopic (exact) mass is 668 g/mol. The first-order valence-electron chi connectivity index (χ1n) is 15.0. The van der Waals surface area contributed by atoms with Crippen LogP contribution in [-0.4, -0.2) is 50.2 Å². The lowest BCUT2D eigenvalue weighted by atomic mass is 9.75. The third-order valence-electron chi connectivity index (χ3n) is 8.41. The van der Waals surface area contributed by atoms with Crippen molar-refractivity contribution in [2.75, 3.05) is 17.5 Å². The molecule has 13 heteroatoms. The van der Waals surface area contributed by atoms with E-state index >= 15 is 0 Å². The number of halogens is 1. The quantitative estimate of drug-likeness (QED) is 0.150. The van der Waals surface area contributed by atoms with E-state index in [2.05, 4.69) is 19.6 Å². The Morgan fingerprint density at radius 3 is 2.44 bits per heavy atom. The Morgan fingerprint density at radius 2 is 1.82 bits per heavy atom. The maximum absolute atomic E-state index is 12.5. The van der Waals surface area contributed by atoms with Gasteiger partial charge in [-0.2, -0.15) is 13.4 Å². The molecule has 2 aliphatic rings. The van der Waals surface area contributed by atoms with Crippen LogP contribution in [0.5, 0.6) is 11.8 Å². The highest BCUT2D eigenvalue weighted by Crippen LogP contribution is 2.42. The summed E-state index contributed by atoms with van der Waals surface area (Å²) in [5, 5.41) is 11.3. The van der Waals surface area contributed by atoms with Gasteiger partial charge in [0.25, 0.3) is 5.91 Å². The van der Waals surface area contributed by atoms with Gasteiger partial charge in [0.1, 0.15) is 19.0 Å². The second kappa shape index (κ2) is 11.7. The summed E-state index contributed by atoms with van der Waals surface area (Å²) in [6.45, 7) is 9.09. The SMILES string of the molecule is Cc1ccc(Oc2nc3cc(-c4ccc(C5(O)CCC5)cc4)c(Cl)cc3n2COCC[Si](C)(C)C)cc1N1CC(=O)NS1(=O)=O. The highest BCUT2D eigenvalue weighted by Gasteiger charge is 2.36. The number of aryl methyl sites for hydroxylation is 1. The molecule has 6 rings (SSSR count). The summed E-state index contributed by atoms with van der Waals surface area (Å²) in [4.78, 5) is 16.7. The van der Waals surface area contributed by atoms with Gasteiger partial charge < -0.3 is 14.6 Å². The van der Waals surface area contributed by atoms with Gasteiger partial charge in [-0.25, -0.2) is 9.03 Å². The Morgan fingerprint density at radius 1 is 1.09 bits per heavy atom. The fraction of sp³-hybridized carbons (Fsp3) is 0.375. The average Bonchev–Trinajstić information content (AvgIpc) is 3.43. The van der Waals surface area contributed by atoms with Gasteiger partial charge in [0.2, 0.25) is 0 Å². The molecule has 0 radical (unpaired) electrons. The van der Waals surface area contributed by atoms with Crippen molar-refractivity contribution >= 4 is 52.5 Å². The predicted molar refractivity (Wildman–Crippen MR) is 178 cm³/mol. The number of anilines is 1. The normalized spacial score (nSPS) is 17.4. The van der Waals surface area contributed by atoms with Crippen LogP contribution < -0.4 is 13.8 Å². The molecule has 0 bridgehead atoms. The number of imidazole rings is 1. The van der Waals surface area contributed by atoms with Crippen molar-refractivity contribution in [2.24, 2.45) is 0 Å². The number of carbonyl (C=O) groups excluding carboxylic acids is 1. The molecule has 0 atom stereocenters. The van der Waals surface area contributed by atoms with Crippen LogP contribution in [0.2, 0.25) is 30.7 Å². The molecule has 2 N–H and O–H groups in total. The number of aliphatic hydroxyl groups is 1. The summed E-state index contributed by atoms with van der Waals surface area (Å²) in [6, 6.07) is 17.9. The Kier molecular flexibility index (Phi) is 8.23. The third kappa shape index (κ3) is 6.47. The van der Waals surface area contributed by atoms with Crippen LogP contribution >= 0.6 is 11.6 Å². The zero-order valence-corrected chi connectivity index (χ0v) is 28.3. The molecule has 1 saturated carbocycles. The molecule has 0 spiro atoms. The molecule has 238 valence electrons. The van der Waals surface area contributed by atoms with E-state index in [-0.39, 0.29) is 19.3 Å². The summed E-state index contributed by atoms with van der Waals surface area (Å²) >= 11 is 6.86. The molecule has 2 fully saturated rings. The minimum Gasteiger partial charge on any atom is -0.425 e. The Bertz CT molecular complexity index is 1880. The fourth-order valence-electron chi connectivity index (χ4n) is 5.53. The van der Waals surface area contributed by atoms with Crippen molar-refractivity contribution < 1.29 is 27.8 Å². The summed E-state index contributed by atoms with van der Waals surface area (Å²) in [5.74, 6) is -0.251. The van der Waals surface area contributed by atoms with Crippen LogP contribution in [0.25, 0.3) is 22.2 Å². The van der Waals surface area contributed by atoms with Gasteiger partial charge in [-0.05, 0) is 67.1 Å². The molecule has 0 unspecified atom stereocenters. The lowest BCUT2D eigenvalue weighted by Crippen LogP contribution is -2.33. The van der Waals surface area contributed by atoms with E-state index in [1.54, 1.807) is 25.1 Å².